The van der Waals surface area contributed by atoms with Crippen molar-refractivity contribution in [3.05, 3.63) is 90.5 Å². The zero-order valence-corrected chi connectivity index (χ0v) is 22.4. The van der Waals surface area contributed by atoms with E-state index in [1.807, 2.05) is 26.0 Å². The van der Waals surface area contributed by atoms with Crippen molar-refractivity contribution in [2.75, 3.05) is 26.3 Å². The molecule has 0 aliphatic heterocycles. The number of hydrogen-bond donors (Lipinski definition) is 0. The zero-order chi connectivity index (χ0) is 25.9. The van der Waals surface area contributed by atoms with E-state index < -0.39 is 0 Å². The first kappa shape index (κ1) is 27.5. The highest BCUT2D eigenvalue weighted by molar-refractivity contribution is 7.97. The number of benzene rings is 3. The molecular weight excluding hydrogens is 470 g/mol. The van der Waals surface area contributed by atoms with Gasteiger partial charge in [0.15, 0.2) is 14.7 Å². The second kappa shape index (κ2) is 13.9. The standard InChI is InChI=1S/C30H36NO4S/c1-5-34-29(32)20-31(23(2)3)21-30(33)35-22-24(4)25-16-18-28(19-17-25)36(26-12-8-6-9-13-26)27-14-10-7-11-15-27/h6-19,23-24H,5,20-22H2,1-4H3/q+1. The Morgan fingerprint density at radius 2 is 1.19 bits per heavy atom. The topological polar surface area (TPSA) is 55.8 Å². The van der Waals surface area contributed by atoms with E-state index in [0.717, 1.165) is 5.56 Å². The maximum absolute atomic E-state index is 12.5. The molecule has 0 radical (unpaired) electrons. The predicted molar refractivity (Wildman–Crippen MR) is 144 cm³/mol. The lowest BCUT2D eigenvalue weighted by molar-refractivity contribution is -0.149. The largest absolute Gasteiger partial charge is 0.465 e. The minimum Gasteiger partial charge on any atom is -0.465 e. The molecule has 5 nitrogen and oxygen atoms in total. The minimum absolute atomic E-state index is 0.0231. The van der Waals surface area contributed by atoms with E-state index in [-0.39, 0.29) is 54.5 Å². The van der Waals surface area contributed by atoms with Gasteiger partial charge in [-0.3, -0.25) is 14.5 Å². The smallest absolute Gasteiger partial charge is 0.320 e. The van der Waals surface area contributed by atoms with E-state index >= 15 is 0 Å². The van der Waals surface area contributed by atoms with E-state index in [0.29, 0.717) is 6.61 Å². The van der Waals surface area contributed by atoms with Crippen LogP contribution in [0.3, 0.4) is 0 Å². The molecule has 1 atom stereocenters. The third kappa shape index (κ3) is 7.97. The van der Waals surface area contributed by atoms with E-state index in [1.165, 1.54) is 14.7 Å². The Bertz CT molecular complexity index is 1050. The summed E-state index contributed by atoms with van der Waals surface area (Å²) in [5, 5.41) is 0. The highest BCUT2D eigenvalue weighted by Crippen LogP contribution is 2.31. The predicted octanol–water partition coefficient (Wildman–Crippen LogP) is 5.70. The van der Waals surface area contributed by atoms with E-state index in [1.54, 1.807) is 11.8 Å². The first-order chi connectivity index (χ1) is 17.4. The summed E-state index contributed by atoms with van der Waals surface area (Å²) in [4.78, 5) is 29.9. The molecule has 36 heavy (non-hydrogen) atoms. The average molecular weight is 507 g/mol. The van der Waals surface area contributed by atoms with E-state index in [2.05, 4.69) is 79.7 Å². The van der Waals surface area contributed by atoms with Crippen molar-refractivity contribution in [3.63, 3.8) is 0 Å². The second-order valence-electron chi connectivity index (χ2n) is 8.89. The first-order valence-electron chi connectivity index (χ1n) is 12.4. The van der Waals surface area contributed by atoms with Crippen LogP contribution in [-0.4, -0.2) is 49.2 Å². The van der Waals surface area contributed by atoms with Crippen LogP contribution in [-0.2, 0) is 30.0 Å². The van der Waals surface area contributed by atoms with E-state index in [9.17, 15) is 9.59 Å². The quantitative estimate of drug-likeness (QED) is 0.233. The number of rotatable bonds is 12. The fraction of sp³-hybridized carbons (Fsp3) is 0.333. The summed E-state index contributed by atoms with van der Waals surface area (Å²) in [5.41, 5.74) is 1.11. The Morgan fingerprint density at radius 1 is 0.722 bits per heavy atom. The molecule has 0 amide bonds. The third-order valence-electron chi connectivity index (χ3n) is 5.84. The summed E-state index contributed by atoms with van der Waals surface area (Å²) < 4.78 is 10.6. The van der Waals surface area contributed by atoms with Crippen LogP contribution in [0.1, 0.15) is 39.2 Å². The molecule has 0 saturated heterocycles. The van der Waals surface area contributed by atoms with Gasteiger partial charge in [0.25, 0.3) is 0 Å². The number of esters is 2. The van der Waals surface area contributed by atoms with E-state index in [4.69, 9.17) is 9.47 Å². The van der Waals surface area contributed by atoms with Crippen LogP contribution in [0, 0.1) is 0 Å². The molecular formula is C30H36NO4S+. The van der Waals surface area contributed by atoms with Gasteiger partial charge >= 0.3 is 11.9 Å². The lowest BCUT2D eigenvalue weighted by atomic mass is 10.0. The van der Waals surface area contributed by atoms with Crippen LogP contribution in [0.5, 0.6) is 0 Å². The molecule has 0 aromatic heterocycles. The minimum atomic E-state index is -0.342. The number of carbonyl (C=O) groups is 2. The van der Waals surface area contributed by atoms with Crippen LogP contribution in [0.4, 0.5) is 0 Å². The van der Waals surface area contributed by atoms with Crippen molar-refractivity contribution < 1.29 is 19.1 Å². The van der Waals surface area contributed by atoms with Gasteiger partial charge in [-0.15, -0.1) is 0 Å². The molecule has 6 heteroatoms. The van der Waals surface area contributed by atoms with Gasteiger partial charge in [0, 0.05) is 12.0 Å². The van der Waals surface area contributed by atoms with Crippen molar-refractivity contribution in [3.8, 4) is 0 Å². The van der Waals surface area contributed by atoms with Crippen LogP contribution in [0.2, 0.25) is 0 Å². The van der Waals surface area contributed by atoms with Crippen molar-refractivity contribution >= 4 is 22.8 Å². The molecule has 0 fully saturated rings. The van der Waals surface area contributed by atoms with Crippen molar-refractivity contribution in [1.29, 1.82) is 0 Å². The van der Waals surface area contributed by atoms with Crippen molar-refractivity contribution in [1.82, 2.24) is 4.90 Å². The molecule has 3 aromatic rings. The van der Waals surface area contributed by atoms with Gasteiger partial charge in [0.05, 0.1) is 37.2 Å². The molecule has 0 spiro atoms. The Morgan fingerprint density at radius 3 is 1.67 bits per heavy atom. The average Bonchev–Trinajstić information content (AvgIpc) is 2.89. The zero-order valence-electron chi connectivity index (χ0n) is 21.6. The molecule has 0 saturated carbocycles. The summed E-state index contributed by atoms with van der Waals surface area (Å²) in [7, 11) is -0.194. The van der Waals surface area contributed by atoms with Gasteiger partial charge < -0.3 is 9.47 Å². The third-order valence-corrected chi connectivity index (χ3v) is 8.07. The molecule has 0 bridgehead atoms. The molecule has 0 aliphatic carbocycles. The molecule has 1 unspecified atom stereocenters. The number of hydrogen-bond acceptors (Lipinski definition) is 5. The summed E-state index contributed by atoms with van der Waals surface area (Å²) in [5.74, 6) is -0.626. The highest BCUT2D eigenvalue weighted by Gasteiger charge is 2.28. The fourth-order valence-corrected chi connectivity index (χ4v) is 5.86. The van der Waals surface area contributed by atoms with Crippen LogP contribution < -0.4 is 0 Å². The number of carbonyl (C=O) groups excluding carboxylic acids is 2. The normalized spacial score (nSPS) is 12.1. The van der Waals surface area contributed by atoms with Crippen molar-refractivity contribution in [2.45, 2.75) is 54.3 Å². The summed E-state index contributed by atoms with van der Waals surface area (Å²) >= 11 is 0. The van der Waals surface area contributed by atoms with Gasteiger partial charge in [-0.05, 0) is 62.7 Å². The Kier molecular flexibility index (Phi) is 10.6. The SMILES string of the molecule is CCOC(=O)CN(CC(=O)OCC(C)c1ccc([S+](c2ccccc2)c2ccccc2)cc1)C(C)C. The van der Waals surface area contributed by atoms with Gasteiger partial charge in [-0.25, -0.2) is 0 Å². The molecule has 3 rings (SSSR count). The maximum Gasteiger partial charge on any atom is 0.320 e. The van der Waals surface area contributed by atoms with Gasteiger partial charge in [-0.2, -0.15) is 0 Å². The summed E-state index contributed by atoms with van der Waals surface area (Å²) in [6, 6.07) is 29.7. The molecule has 3 aromatic carbocycles. The molecule has 0 N–H and O–H groups in total. The van der Waals surface area contributed by atoms with Crippen LogP contribution >= 0.6 is 0 Å². The van der Waals surface area contributed by atoms with Crippen molar-refractivity contribution in [2.24, 2.45) is 0 Å². The van der Waals surface area contributed by atoms with Gasteiger partial charge in [0.1, 0.15) is 0 Å². The molecule has 0 heterocycles. The Hall–Kier alpha value is -3.09. The van der Waals surface area contributed by atoms with Crippen LogP contribution in [0.25, 0.3) is 0 Å². The first-order valence-corrected chi connectivity index (χ1v) is 13.6. The Labute approximate surface area is 217 Å². The second-order valence-corrected chi connectivity index (χ2v) is 10.9. The Balaban J connectivity index is 1.63. The number of nitrogens with zero attached hydrogens (tertiary/aromatic N) is 1. The monoisotopic (exact) mass is 506 g/mol. The fourth-order valence-electron chi connectivity index (χ4n) is 3.77. The lowest BCUT2D eigenvalue weighted by Crippen LogP contribution is -2.40. The highest BCUT2D eigenvalue weighted by atomic mass is 32.2. The molecule has 190 valence electrons. The molecule has 0 aliphatic rings. The summed E-state index contributed by atoms with van der Waals surface area (Å²) in [6.45, 7) is 8.43. The summed E-state index contributed by atoms with van der Waals surface area (Å²) in [6.07, 6.45) is 0. The lowest BCUT2D eigenvalue weighted by Gasteiger charge is -2.24. The van der Waals surface area contributed by atoms with Gasteiger partial charge in [0.2, 0.25) is 0 Å². The van der Waals surface area contributed by atoms with Crippen LogP contribution in [0.15, 0.2) is 99.6 Å². The number of ether oxygens (including phenoxy) is 2. The maximum atomic E-state index is 12.5. The van der Waals surface area contributed by atoms with Gasteiger partial charge in [-0.1, -0.05) is 55.5 Å².